The number of halogens is 1. The summed E-state index contributed by atoms with van der Waals surface area (Å²) in [7, 11) is 0. The molecule has 0 aliphatic heterocycles. The third-order valence-corrected chi connectivity index (χ3v) is 2.25. The Morgan fingerprint density at radius 2 is 2.06 bits per heavy atom. The zero-order valence-electron chi connectivity index (χ0n) is 10.1. The second kappa shape index (κ2) is 5.37. The number of nitrogens with one attached hydrogen (secondary N) is 1. The van der Waals surface area contributed by atoms with Gasteiger partial charge in [-0.25, -0.2) is 0 Å². The molecule has 1 aromatic heterocycles. The molecular formula is C11H19ClN2O2. The van der Waals surface area contributed by atoms with Crippen LogP contribution in [-0.4, -0.2) is 18.0 Å². The predicted octanol–water partition coefficient (Wildman–Crippen LogP) is 1.79. The van der Waals surface area contributed by atoms with Crippen molar-refractivity contribution in [3.8, 4) is 0 Å². The van der Waals surface area contributed by atoms with Crippen LogP contribution in [-0.2, 0) is 0 Å². The molecule has 0 saturated heterocycles. The van der Waals surface area contributed by atoms with E-state index in [1.54, 1.807) is 13.0 Å². The van der Waals surface area contributed by atoms with E-state index in [1.807, 2.05) is 20.8 Å². The van der Waals surface area contributed by atoms with Crippen molar-refractivity contribution in [1.29, 1.82) is 0 Å². The number of hydrogen-bond acceptors (Lipinski definition) is 3. The first-order valence-electron chi connectivity index (χ1n) is 4.95. The van der Waals surface area contributed by atoms with Crippen LogP contribution in [0, 0.1) is 13.8 Å². The van der Waals surface area contributed by atoms with Gasteiger partial charge in [-0.3, -0.25) is 4.79 Å². The predicted molar refractivity (Wildman–Crippen MR) is 66.0 cm³/mol. The number of furan rings is 1. The summed E-state index contributed by atoms with van der Waals surface area (Å²) in [5.41, 5.74) is 5.72. The Kier molecular flexibility index (Phi) is 5.03. The van der Waals surface area contributed by atoms with Crippen LogP contribution in [0.15, 0.2) is 10.5 Å². The average Bonchev–Trinajstić information content (AvgIpc) is 2.45. The Labute approximate surface area is 102 Å². The van der Waals surface area contributed by atoms with Gasteiger partial charge in [-0.05, 0) is 33.8 Å². The van der Waals surface area contributed by atoms with Crippen LogP contribution in [0.1, 0.15) is 35.7 Å². The van der Waals surface area contributed by atoms with Crippen molar-refractivity contribution in [3.05, 3.63) is 23.2 Å². The second-order valence-corrected chi connectivity index (χ2v) is 4.37. The number of hydrogen-bond donors (Lipinski definition) is 2. The largest absolute Gasteiger partial charge is 0.466 e. The molecule has 0 atom stereocenters. The highest BCUT2D eigenvalue weighted by atomic mass is 35.5. The van der Waals surface area contributed by atoms with E-state index in [0.717, 1.165) is 5.76 Å². The Morgan fingerprint density at radius 3 is 2.44 bits per heavy atom. The van der Waals surface area contributed by atoms with Gasteiger partial charge in [-0.1, -0.05) is 0 Å². The Morgan fingerprint density at radius 1 is 1.50 bits per heavy atom. The molecule has 0 aromatic carbocycles. The molecule has 0 unspecified atom stereocenters. The average molecular weight is 247 g/mol. The van der Waals surface area contributed by atoms with E-state index >= 15 is 0 Å². The summed E-state index contributed by atoms with van der Waals surface area (Å²) in [5, 5.41) is 2.85. The number of nitrogens with two attached hydrogens (primary N) is 1. The van der Waals surface area contributed by atoms with Crippen molar-refractivity contribution in [3.63, 3.8) is 0 Å². The van der Waals surface area contributed by atoms with Crippen LogP contribution in [0.2, 0.25) is 0 Å². The highest BCUT2D eigenvalue weighted by Gasteiger charge is 2.21. The minimum atomic E-state index is -0.394. The molecule has 0 aliphatic carbocycles. The number of carbonyl (C=O) groups is 1. The summed E-state index contributed by atoms with van der Waals surface area (Å²) in [4.78, 5) is 11.8. The highest BCUT2D eigenvalue weighted by molar-refractivity contribution is 5.95. The van der Waals surface area contributed by atoms with Crippen molar-refractivity contribution < 1.29 is 9.21 Å². The highest BCUT2D eigenvalue weighted by Crippen LogP contribution is 2.14. The van der Waals surface area contributed by atoms with Gasteiger partial charge < -0.3 is 15.5 Å². The van der Waals surface area contributed by atoms with E-state index in [4.69, 9.17) is 10.2 Å². The molecule has 0 spiro atoms. The smallest absolute Gasteiger partial charge is 0.255 e. The maximum Gasteiger partial charge on any atom is 0.255 e. The lowest BCUT2D eigenvalue weighted by molar-refractivity contribution is 0.0914. The van der Waals surface area contributed by atoms with Crippen molar-refractivity contribution in [1.82, 2.24) is 5.32 Å². The molecule has 0 bridgehead atoms. The topological polar surface area (TPSA) is 68.3 Å². The van der Waals surface area contributed by atoms with Gasteiger partial charge in [0.05, 0.1) is 5.56 Å². The van der Waals surface area contributed by atoms with Gasteiger partial charge in [0, 0.05) is 12.1 Å². The molecule has 1 heterocycles. The Bertz CT molecular complexity index is 372. The zero-order chi connectivity index (χ0) is 11.6. The molecule has 0 fully saturated rings. The maximum atomic E-state index is 11.8. The van der Waals surface area contributed by atoms with Gasteiger partial charge in [0.25, 0.3) is 5.91 Å². The van der Waals surface area contributed by atoms with E-state index in [1.165, 1.54) is 0 Å². The molecule has 1 aromatic rings. The van der Waals surface area contributed by atoms with Crippen molar-refractivity contribution in [2.45, 2.75) is 33.2 Å². The van der Waals surface area contributed by atoms with Crippen LogP contribution in [0.5, 0.6) is 0 Å². The first-order chi connectivity index (χ1) is 6.85. The molecule has 1 rings (SSSR count). The minimum Gasteiger partial charge on any atom is -0.466 e. The SMILES string of the molecule is Cc1cc(C(=O)NC(C)(C)CN)c(C)o1.Cl. The van der Waals surface area contributed by atoms with E-state index in [9.17, 15) is 4.79 Å². The van der Waals surface area contributed by atoms with Crippen molar-refractivity contribution in [2.24, 2.45) is 5.73 Å². The lowest BCUT2D eigenvalue weighted by atomic mass is 10.1. The summed E-state index contributed by atoms with van der Waals surface area (Å²) in [6.07, 6.45) is 0. The fraction of sp³-hybridized carbons (Fsp3) is 0.545. The molecule has 1 amide bonds. The Balaban J connectivity index is 0.00000225. The molecule has 16 heavy (non-hydrogen) atoms. The number of amides is 1. The van der Waals surface area contributed by atoms with Gasteiger partial charge in [0.1, 0.15) is 11.5 Å². The van der Waals surface area contributed by atoms with Crippen LogP contribution in [0.4, 0.5) is 0 Å². The lowest BCUT2D eigenvalue weighted by Crippen LogP contribution is -2.48. The van der Waals surface area contributed by atoms with Gasteiger partial charge >= 0.3 is 0 Å². The van der Waals surface area contributed by atoms with Gasteiger partial charge in [-0.15, -0.1) is 12.4 Å². The molecule has 0 radical (unpaired) electrons. The molecule has 5 heteroatoms. The first kappa shape index (κ1) is 15.0. The normalized spacial score (nSPS) is 10.8. The van der Waals surface area contributed by atoms with E-state index in [2.05, 4.69) is 5.32 Å². The summed E-state index contributed by atoms with van der Waals surface area (Å²) < 4.78 is 5.29. The van der Waals surface area contributed by atoms with Gasteiger partial charge in [-0.2, -0.15) is 0 Å². The molecule has 3 N–H and O–H groups in total. The molecule has 0 saturated carbocycles. The van der Waals surface area contributed by atoms with Gasteiger partial charge in [0.15, 0.2) is 0 Å². The zero-order valence-corrected chi connectivity index (χ0v) is 10.9. The minimum absolute atomic E-state index is 0. The Hall–Kier alpha value is -1.000. The van der Waals surface area contributed by atoms with Crippen LogP contribution in [0.3, 0.4) is 0 Å². The van der Waals surface area contributed by atoms with E-state index < -0.39 is 5.54 Å². The molecule has 4 nitrogen and oxygen atoms in total. The van der Waals surface area contributed by atoms with Crippen LogP contribution >= 0.6 is 12.4 Å². The third-order valence-electron chi connectivity index (χ3n) is 2.25. The lowest BCUT2D eigenvalue weighted by Gasteiger charge is -2.23. The first-order valence-corrected chi connectivity index (χ1v) is 4.95. The summed E-state index contributed by atoms with van der Waals surface area (Å²) in [5.74, 6) is 1.24. The van der Waals surface area contributed by atoms with Crippen molar-refractivity contribution in [2.75, 3.05) is 6.54 Å². The summed E-state index contributed by atoms with van der Waals surface area (Å²) >= 11 is 0. The second-order valence-electron chi connectivity index (χ2n) is 4.37. The molecule has 0 aliphatic rings. The van der Waals surface area contributed by atoms with Crippen molar-refractivity contribution >= 4 is 18.3 Å². The molecule has 92 valence electrons. The quantitative estimate of drug-likeness (QED) is 0.854. The number of carbonyl (C=O) groups excluding carboxylic acids is 1. The van der Waals surface area contributed by atoms with E-state index in [-0.39, 0.29) is 18.3 Å². The van der Waals surface area contributed by atoms with E-state index in [0.29, 0.717) is 17.9 Å². The fourth-order valence-electron chi connectivity index (χ4n) is 1.28. The standard InChI is InChI=1S/C11H18N2O2.ClH/c1-7-5-9(8(2)15-7)10(14)13-11(3,4)6-12;/h5H,6,12H2,1-4H3,(H,13,14);1H. The summed E-state index contributed by atoms with van der Waals surface area (Å²) in [6, 6.07) is 1.73. The fourth-order valence-corrected chi connectivity index (χ4v) is 1.28. The third kappa shape index (κ3) is 3.54. The maximum absolute atomic E-state index is 11.8. The van der Waals surface area contributed by atoms with Crippen LogP contribution in [0.25, 0.3) is 0 Å². The monoisotopic (exact) mass is 246 g/mol. The van der Waals surface area contributed by atoms with Crippen LogP contribution < -0.4 is 11.1 Å². The number of rotatable bonds is 3. The summed E-state index contributed by atoms with van der Waals surface area (Å²) in [6.45, 7) is 7.75. The van der Waals surface area contributed by atoms with Gasteiger partial charge in [0.2, 0.25) is 0 Å². The number of aryl methyl sites for hydroxylation is 2. The molecular weight excluding hydrogens is 228 g/mol.